The Bertz CT molecular complexity index is 358. The van der Waals surface area contributed by atoms with Crippen LogP contribution in [0.2, 0.25) is 0 Å². The van der Waals surface area contributed by atoms with E-state index in [0.29, 0.717) is 24.1 Å². The fraction of sp³-hybridized carbons (Fsp3) is 0.500. The van der Waals surface area contributed by atoms with Gasteiger partial charge in [-0.1, -0.05) is 18.6 Å². The zero-order chi connectivity index (χ0) is 12.3. The standard InChI is InChI=1S/C12H16F3N/c1-8-3-10(4-9(2)7-16)6-11(5-8)12(13,14)15/h3,5-6,9H,4,7,16H2,1-2H3. The smallest absolute Gasteiger partial charge is 0.330 e. The minimum atomic E-state index is -4.27. The number of rotatable bonds is 3. The van der Waals surface area contributed by atoms with Crippen molar-refractivity contribution >= 4 is 0 Å². The lowest BCUT2D eigenvalue weighted by atomic mass is 9.97. The van der Waals surface area contributed by atoms with Crippen molar-refractivity contribution in [3.05, 3.63) is 34.9 Å². The summed E-state index contributed by atoms with van der Waals surface area (Å²) in [6.07, 6.45) is -3.69. The average Bonchev–Trinajstić information content (AvgIpc) is 2.15. The van der Waals surface area contributed by atoms with E-state index in [-0.39, 0.29) is 5.92 Å². The molecule has 1 rings (SSSR count). The third kappa shape index (κ3) is 3.52. The Morgan fingerprint density at radius 2 is 1.88 bits per heavy atom. The Morgan fingerprint density at radius 1 is 1.25 bits per heavy atom. The molecule has 1 aromatic carbocycles. The van der Waals surface area contributed by atoms with Gasteiger partial charge in [0.05, 0.1) is 5.56 Å². The molecule has 0 radical (unpaired) electrons. The van der Waals surface area contributed by atoms with E-state index in [4.69, 9.17) is 5.73 Å². The molecule has 4 heteroatoms. The van der Waals surface area contributed by atoms with Crippen LogP contribution in [0.4, 0.5) is 13.2 Å². The molecule has 0 spiro atoms. The SMILES string of the molecule is Cc1cc(CC(C)CN)cc(C(F)(F)F)c1. The Labute approximate surface area is 93.5 Å². The Hall–Kier alpha value is -1.03. The molecule has 0 fully saturated rings. The van der Waals surface area contributed by atoms with E-state index in [1.807, 2.05) is 6.92 Å². The van der Waals surface area contributed by atoms with Gasteiger partial charge in [0.25, 0.3) is 0 Å². The van der Waals surface area contributed by atoms with Gasteiger partial charge in [-0.05, 0) is 43.5 Å². The molecule has 1 atom stereocenters. The number of hydrogen-bond acceptors (Lipinski definition) is 1. The van der Waals surface area contributed by atoms with Gasteiger partial charge < -0.3 is 5.73 Å². The average molecular weight is 231 g/mol. The van der Waals surface area contributed by atoms with E-state index in [0.717, 1.165) is 6.07 Å². The van der Waals surface area contributed by atoms with Crippen molar-refractivity contribution in [2.75, 3.05) is 6.54 Å². The third-order valence-corrected chi connectivity index (χ3v) is 2.45. The number of halogens is 3. The van der Waals surface area contributed by atoms with E-state index >= 15 is 0 Å². The Morgan fingerprint density at radius 3 is 2.38 bits per heavy atom. The predicted octanol–water partition coefficient (Wildman–Crippen LogP) is 3.15. The molecule has 0 bridgehead atoms. The van der Waals surface area contributed by atoms with Gasteiger partial charge >= 0.3 is 6.18 Å². The molecule has 16 heavy (non-hydrogen) atoms. The second-order valence-electron chi connectivity index (χ2n) is 4.25. The summed E-state index contributed by atoms with van der Waals surface area (Å²) in [5.74, 6) is 0.197. The van der Waals surface area contributed by atoms with Gasteiger partial charge in [0.1, 0.15) is 0 Å². The van der Waals surface area contributed by atoms with E-state index < -0.39 is 11.7 Å². The number of benzene rings is 1. The van der Waals surface area contributed by atoms with Gasteiger partial charge in [-0.25, -0.2) is 0 Å². The summed E-state index contributed by atoms with van der Waals surface area (Å²) in [5, 5.41) is 0. The van der Waals surface area contributed by atoms with Gasteiger partial charge in [-0.15, -0.1) is 0 Å². The quantitative estimate of drug-likeness (QED) is 0.849. The summed E-state index contributed by atoms with van der Waals surface area (Å²) in [6, 6.07) is 4.15. The normalized spacial score (nSPS) is 13.9. The lowest BCUT2D eigenvalue weighted by Gasteiger charge is -2.13. The van der Waals surface area contributed by atoms with Crippen LogP contribution < -0.4 is 5.73 Å². The zero-order valence-electron chi connectivity index (χ0n) is 9.43. The van der Waals surface area contributed by atoms with Gasteiger partial charge in [-0.2, -0.15) is 13.2 Å². The monoisotopic (exact) mass is 231 g/mol. The second kappa shape index (κ2) is 4.87. The van der Waals surface area contributed by atoms with Crippen LogP contribution >= 0.6 is 0 Å². The Balaban J connectivity index is 2.99. The number of alkyl halides is 3. The minimum Gasteiger partial charge on any atom is -0.330 e. The second-order valence-corrected chi connectivity index (χ2v) is 4.25. The fourth-order valence-electron chi connectivity index (χ4n) is 1.63. The lowest BCUT2D eigenvalue weighted by Crippen LogP contribution is -2.14. The number of nitrogens with two attached hydrogens (primary N) is 1. The van der Waals surface area contributed by atoms with Gasteiger partial charge in [0.15, 0.2) is 0 Å². The largest absolute Gasteiger partial charge is 0.416 e. The van der Waals surface area contributed by atoms with Crippen molar-refractivity contribution in [1.29, 1.82) is 0 Å². The van der Waals surface area contributed by atoms with Crippen molar-refractivity contribution < 1.29 is 13.2 Å². The van der Waals surface area contributed by atoms with Crippen molar-refractivity contribution in [3.8, 4) is 0 Å². The number of hydrogen-bond donors (Lipinski definition) is 1. The highest BCUT2D eigenvalue weighted by Crippen LogP contribution is 2.31. The van der Waals surface area contributed by atoms with E-state index in [2.05, 4.69) is 0 Å². The van der Waals surface area contributed by atoms with Gasteiger partial charge in [0.2, 0.25) is 0 Å². The van der Waals surface area contributed by atoms with Crippen molar-refractivity contribution in [2.45, 2.75) is 26.4 Å². The molecule has 2 N–H and O–H groups in total. The zero-order valence-corrected chi connectivity index (χ0v) is 9.43. The first kappa shape index (κ1) is 13.0. The van der Waals surface area contributed by atoms with Gasteiger partial charge in [0, 0.05) is 0 Å². The molecule has 90 valence electrons. The molecule has 0 aliphatic rings. The van der Waals surface area contributed by atoms with Crippen molar-refractivity contribution in [2.24, 2.45) is 11.7 Å². The van der Waals surface area contributed by atoms with Crippen LogP contribution in [0.3, 0.4) is 0 Å². The van der Waals surface area contributed by atoms with Crippen LogP contribution in [-0.4, -0.2) is 6.54 Å². The minimum absolute atomic E-state index is 0.197. The van der Waals surface area contributed by atoms with Crippen LogP contribution in [0.5, 0.6) is 0 Å². The third-order valence-electron chi connectivity index (χ3n) is 2.45. The molecule has 0 aliphatic carbocycles. The Kier molecular flexibility index (Phi) is 3.97. The first-order chi connectivity index (χ1) is 7.32. The first-order valence-electron chi connectivity index (χ1n) is 5.20. The lowest BCUT2D eigenvalue weighted by molar-refractivity contribution is -0.137. The molecule has 0 aromatic heterocycles. The highest BCUT2D eigenvalue weighted by molar-refractivity contribution is 5.31. The molecule has 0 aliphatic heterocycles. The van der Waals surface area contributed by atoms with Crippen LogP contribution in [-0.2, 0) is 12.6 Å². The number of aryl methyl sites for hydroxylation is 1. The summed E-state index contributed by atoms with van der Waals surface area (Å²) < 4.78 is 37.6. The van der Waals surface area contributed by atoms with Crippen LogP contribution in [0.15, 0.2) is 18.2 Å². The van der Waals surface area contributed by atoms with Gasteiger partial charge in [-0.3, -0.25) is 0 Å². The maximum atomic E-state index is 12.5. The molecular formula is C12H16F3N. The summed E-state index contributed by atoms with van der Waals surface area (Å²) in [4.78, 5) is 0. The molecule has 0 amide bonds. The molecule has 0 saturated carbocycles. The van der Waals surface area contributed by atoms with Crippen LogP contribution in [0, 0.1) is 12.8 Å². The van der Waals surface area contributed by atoms with E-state index in [9.17, 15) is 13.2 Å². The fourth-order valence-corrected chi connectivity index (χ4v) is 1.63. The van der Waals surface area contributed by atoms with E-state index in [1.165, 1.54) is 6.07 Å². The molecule has 0 saturated heterocycles. The maximum absolute atomic E-state index is 12.5. The van der Waals surface area contributed by atoms with Crippen LogP contribution in [0.1, 0.15) is 23.6 Å². The summed E-state index contributed by atoms with van der Waals surface area (Å²) in [5.41, 5.74) is 6.22. The highest BCUT2D eigenvalue weighted by Gasteiger charge is 2.30. The summed E-state index contributed by atoms with van der Waals surface area (Å²) >= 11 is 0. The predicted molar refractivity (Wildman–Crippen MR) is 58.1 cm³/mol. The first-order valence-corrected chi connectivity index (χ1v) is 5.20. The van der Waals surface area contributed by atoms with Crippen molar-refractivity contribution in [3.63, 3.8) is 0 Å². The summed E-state index contributed by atoms with van der Waals surface area (Å²) in [6.45, 7) is 4.08. The van der Waals surface area contributed by atoms with Crippen LogP contribution in [0.25, 0.3) is 0 Å². The maximum Gasteiger partial charge on any atom is 0.416 e. The highest BCUT2D eigenvalue weighted by atomic mass is 19.4. The van der Waals surface area contributed by atoms with E-state index in [1.54, 1.807) is 13.0 Å². The van der Waals surface area contributed by atoms with Crippen molar-refractivity contribution in [1.82, 2.24) is 0 Å². The summed E-state index contributed by atoms with van der Waals surface area (Å²) in [7, 11) is 0. The molecule has 1 unspecified atom stereocenters. The molecular weight excluding hydrogens is 215 g/mol. The molecule has 1 aromatic rings. The molecule has 0 heterocycles. The molecule has 1 nitrogen and oxygen atoms in total. The topological polar surface area (TPSA) is 26.0 Å².